The van der Waals surface area contributed by atoms with Gasteiger partial charge in [0.1, 0.15) is 5.69 Å². The van der Waals surface area contributed by atoms with Crippen LogP contribution in [-0.2, 0) is 16.0 Å². The quantitative estimate of drug-likeness (QED) is 0.411. The maximum absolute atomic E-state index is 12.8. The van der Waals surface area contributed by atoms with Crippen molar-refractivity contribution in [1.29, 1.82) is 0 Å². The van der Waals surface area contributed by atoms with Crippen molar-refractivity contribution in [3.63, 3.8) is 0 Å². The van der Waals surface area contributed by atoms with Crippen LogP contribution < -0.4 is 4.74 Å². The Bertz CT molecular complexity index is 521. The van der Waals surface area contributed by atoms with E-state index in [1.165, 1.54) is 6.92 Å². The zero-order valence-corrected chi connectivity index (χ0v) is 12.7. The van der Waals surface area contributed by atoms with Crippen LogP contribution >= 0.6 is 22.6 Å². The van der Waals surface area contributed by atoms with Crippen molar-refractivity contribution in [3.05, 3.63) is 21.0 Å². The molecule has 0 amide bonds. The molecule has 0 aliphatic rings. The number of carbonyl (C=O) groups is 1. The molecule has 0 saturated carbocycles. The zero-order valence-electron chi connectivity index (χ0n) is 10.5. The minimum Gasteiger partial charge on any atom is -0.466 e. The highest BCUT2D eigenvalue weighted by Gasteiger charge is 2.36. The van der Waals surface area contributed by atoms with E-state index in [1.54, 1.807) is 22.6 Å². The number of alkyl halides is 5. The van der Waals surface area contributed by atoms with Crippen molar-refractivity contribution in [2.24, 2.45) is 0 Å². The van der Waals surface area contributed by atoms with Crippen LogP contribution in [0, 0.1) is 3.57 Å². The van der Waals surface area contributed by atoms with Gasteiger partial charge in [-0.2, -0.15) is 0 Å². The highest BCUT2D eigenvalue weighted by Crippen LogP contribution is 2.36. The lowest BCUT2D eigenvalue weighted by Crippen LogP contribution is -2.21. The number of nitrogens with zero attached hydrogens (tertiary/aromatic N) is 1. The molecule has 0 aliphatic heterocycles. The van der Waals surface area contributed by atoms with Crippen LogP contribution in [0.15, 0.2) is 6.20 Å². The molecule has 0 saturated heterocycles. The maximum Gasteiger partial charge on any atom is 0.573 e. The van der Waals surface area contributed by atoms with E-state index in [0.29, 0.717) is 0 Å². The molecule has 0 radical (unpaired) electrons. The van der Waals surface area contributed by atoms with Gasteiger partial charge < -0.3 is 9.47 Å². The average molecular weight is 425 g/mol. The van der Waals surface area contributed by atoms with Crippen LogP contribution in [-0.4, -0.2) is 23.9 Å². The van der Waals surface area contributed by atoms with E-state index in [9.17, 15) is 26.7 Å². The number of esters is 1. The third-order valence-electron chi connectivity index (χ3n) is 2.16. The fourth-order valence-electron chi connectivity index (χ4n) is 1.43. The lowest BCUT2D eigenvalue weighted by Gasteiger charge is -2.17. The van der Waals surface area contributed by atoms with E-state index in [0.717, 1.165) is 6.20 Å². The molecule has 0 spiro atoms. The van der Waals surface area contributed by atoms with Gasteiger partial charge in [0.2, 0.25) is 0 Å². The van der Waals surface area contributed by atoms with Crippen LogP contribution in [0.25, 0.3) is 0 Å². The van der Waals surface area contributed by atoms with Crippen LogP contribution in [0.4, 0.5) is 22.0 Å². The van der Waals surface area contributed by atoms with E-state index >= 15 is 0 Å². The minimum atomic E-state index is -5.18. The molecule has 0 N–H and O–H groups in total. The Morgan fingerprint density at radius 2 is 2.05 bits per heavy atom. The van der Waals surface area contributed by atoms with E-state index in [4.69, 9.17) is 0 Å². The fraction of sp³-hybridized carbons (Fsp3) is 0.455. The second kappa shape index (κ2) is 7.18. The van der Waals surface area contributed by atoms with Crippen molar-refractivity contribution in [2.45, 2.75) is 26.1 Å². The molecule has 4 nitrogen and oxygen atoms in total. The molecule has 10 heteroatoms. The van der Waals surface area contributed by atoms with Crippen LogP contribution in [0.5, 0.6) is 5.75 Å². The molecule has 1 heterocycles. The number of halogens is 6. The minimum absolute atomic E-state index is 0.0116. The van der Waals surface area contributed by atoms with Gasteiger partial charge in [-0.25, -0.2) is 8.78 Å². The van der Waals surface area contributed by atoms with Crippen molar-refractivity contribution in [2.75, 3.05) is 6.61 Å². The average Bonchev–Trinajstić information content (AvgIpc) is 2.32. The molecule has 1 aromatic heterocycles. The summed E-state index contributed by atoms with van der Waals surface area (Å²) in [6.45, 7) is 1.52. The molecule has 0 unspecified atom stereocenters. The van der Waals surface area contributed by atoms with Crippen LogP contribution in [0.3, 0.4) is 0 Å². The lowest BCUT2D eigenvalue weighted by molar-refractivity contribution is -0.275. The Balaban J connectivity index is 3.30. The Hall–Kier alpha value is -1.20. The summed E-state index contributed by atoms with van der Waals surface area (Å²) >= 11 is 1.58. The number of rotatable bonds is 5. The number of aromatic nitrogens is 1. The Morgan fingerprint density at radius 3 is 2.52 bits per heavy atom. The molecule has 1 rings (SSSR count). The van der Waals surface area contributed by atoms with Gasteiger partial charge in [0, 0.05) is 15.3 Å². The molecule has 1 aromatic rings. The van der Waals surface area contributed by atoms with Crippen LogP contribution in [0.2, 0.25) is 0 Å². The SMILES string of the molecule is CCOC(=O)Cc1c(I)cnc(C(F)F)c1OC(F)(F)F. The summed E-state index contributed by atoms with van der Waals surface area (Å²) in [5.74, 6) is -2.01. The third kappa shape index (κ3) is 5.25. The number of ether oxygens (including phenoxy) is 2. The second-order valence-corrected chi connectivity index (χ2v) is 4.79. The molecule has 118 valence electrons. The van der Waals surface area contributed by atoms with Crippen molar-refractivity contribution >= 4 is 28.6 Å². The number of hydrogen-bond donors (Lipinski definition) is 0. The van der Waals surface area contributed by atoms with Gasteiger partial charge in [0.05, 0.1) is 13.0 Å². The summed E-state index contributed by atoms with van der Waals surface area (Å²) in [7, 11) is 0. The fourth-order valence-corrected chi connectivity index (χ4v) is 2.01. The first-order valence-electron chi connectivity index (χ1n) is 5.52. The number of carbonyl (C=O) groups excluding carboxylic acids is 1. The summed E-state index contributed by atoms with van der Waals surface area (Å²) in [6.07, 6.45) is -8.14. The summed E-state index contributed by atoms with van der Waals surface area (Å²) < 4.78 is 71.0. The monoisotopic (exact) mass is 425 g/mol. The topological polar surface area (TPSA) is 48.4 Å². The Kier molecular flexibility index (Phi) is 6.10. The van der Waals surface area contributed by atoms with Crippen LogP contribution in [0.1, 0.15) is 24.6 Å². The summed E-state index contributed by atoms with van der Waals surface area (Å²) in [4.78, 5) is 14.6. The molecule has 21 heavy (non-hydrogen) atoms. The van der Waals surface area contributed by atoms with E-state index in [1.807, 2.05) is 0 Å². The predicted octanol–water partition coefficient (Wildman–Crippen LogP) is 3.63. The largest absolute Gasteiger partial charge is 0.573 e. The first-order valence-corrected chi connectivity index (χ1v) is 6.60. The van der Waals surface area contributed by atoms with Gasteiger partial charge in [0.15, 0.2) is 5.75 Å². The molecule has 0 fully saturated rings. The van der Waals surface area contributed by atoms with Gasteiger partial charge in [-0.1, -0.05) is 0 Å². The van der Waals surface area contributed by atoms with Gasteiger partial charge in [0.25, 0.3) is 6.43 Å². The molecule has 0 bridgehead atoms. The number of hydrogen-bond acceptors (Lipinski definition) is 4. The van der Waals surface area contributed by atoms with E-state index in [-0.39, 0.29) is 15.7 Å². The molecule has 0 aromatic carbocycles. The molecular weight excluding hydrogens is 416 g/mol. The third-order valence-corrected chi connectivity index (χ3v) is 3.09. The Morgan fingerprint density at radius 1 is 1.43 bits per heavy atom. The first-order chi connectivity index (χ1) is 9.65. The smallest absolute Gasteiger partial charge is 0.466 e. The van der Waals surface area contributed by atoms with Crippen molar-refractivity contribution in [1.82, 2.24) is 4.98 Å². The molecular formula is C11H9F5INO3. The Labute approximate surface area is 129 Å². The highest BCUT2D eigenvalue weighted by molar-refractivity contribution is 14.1. The molecule has 0 atom stereocenters. The summed E-state index contributed by atoms with van der Waals surface area (Å²) in [5.41, 5.74) is -1.51. The standard InChI is InChI=1S/C11H9F5INO3/c1-2-20-7(19)3-5-6(17)4-18-8(10(12)13)9(5)21-11(14,15)16/h4,10H,2-3H2,1H3. The van der Waals surface area contributed by atoms with E-state index < -0.39 is 36.6 Å². The molecule has 0 aliphatic carbocycles. The van der Waals surface area contributed by atoms with Crippen molar-refractivity contribution < 1.29 is 36.2 Å². The second-order valence-electron chi connectivity index (χ2n) is 3.63. The van der Waals surface area contributed by atoms with E-state index in [2.05, 4.69) is 14.5 Å². The zero-order chi connectivity index (χ0) is 16.2. The summed E-state index contributed by atoms with van der Waals surface area (Å²) in [6, 6.07) is 0. The normalized spacial score (nSPS) is 11.6. The van der Waals surface area contributed by atoms with Gasteiger partial charge in [-0.3, -0.25) is 9.78 Å². The maximum atomic E-state index is 12.8. The lowest BCUT2D eigenvalue weighted by atomic mass is 10.1. The number of pyridine rings is 1. The summed E-state index contributed by atoms with van der Waals surface area (Å²) in [5, 5.41) is 0. The van der Waals surface area contributed by atoms with Gasteiger partial charge >= 0.3 is 12.3 Å². The van der Waals surface area contributed by atoms with Crippen molar-refractivity contribution in [3.8, 4) is 5.75 Å². The first kappa shape index (κ1) is 17.9. The van der Waals surface area contributed by atoms with Gasteiger partial charge in [-0.15, -0.1) is 13.2 Å². The predicted molar refractivity (Wildman–Crippen MR) is 68.9 cm³/mol. The highest BCUT2D eigenvalue weighted by atomic mass is 127. The van der Waals surface area contributed by atoms with Gasteiger partial charge in [-0.05, 0) is 29.5 Å².